The third-order valence-electron chi connectivity index (χ3n) is 3.60. The lowest BCUT2D eigenvalue weighted by Crippen LogP contribution is -2.40. The third kappa shape index (κ3) is 2.99. The van der Waals surface area contributed by atoms with Crippen molar-refractivity contribution in [1.82, 2.24) is 9.97 Å². The van der Waals surface area contributed by atoms with Crippen LogP contribution in [0.1, 0.15) is 11.5 Å². The smallest absolute Gasteiger partial charge is 0.351 e. The molecule has 4 nitrogen and oxygen atoms in total. The molecule has 25 heavy (non-hydrogen) atoms. The zero-order valence-corrected chi connectivity index (χ0v) is 14.2. The summed E-state index contributed by atoms with van der Waals surface area (Å²) in [5.41, 5.74) is 6.27. The molecule has 0 amide bonds. The Morgan fingerprint density at radius 3 is 2.56 bits per heavy atom. The maximum Gasteiger partial charge on any atom is 0.433 e. The lowest BCUT2D eigenvalue weighted by molar-refractivity contribution is -0.141. The minimum Gasteiger partial charge on any atom is -0.351 e. The topological polar surface area (TPSA) is 63.8 Å². The summed E-state index contributed by atoms with van der Waals surface area (Å²) in [6.07, 6.45) is -4.59. The van der Waals surface area contributed by atoms with Gasteiger partial charge < -0.3 is 5.32 Å². The molecular weight excluding hydrogens is 369 g/mol. The van der Waals surface area contributed by atoms with E-state index in [0.717, 1.165) is 16.6 Å². The van der Waals surface area contributed by atoms with Crippen LogP contribution < -0.4 is 11.1 Å². The molecule has 0 aliphatic carbocycles. The van der Waals surface area contributed by atoms with Crippen molar-refractivity contribution < 1.29 is 13.2 Å². The first-order valence-electron chi connectivity index (χ1n) is 7.21. The maximum absolute atomic E-state index is 13.3. The molecule has 0 fully saturated rings. The molecule has 1 unspecified atom stereocenters. The van der Waals surface area contributed by atoms with Crippen LogP contribution in [0.5, 0.6) is 0 Å². The zero-order chi connectivity index (χ0) is 17.7. The summed E-state index contributed by atoms with van der Waals surface area (Å²) in [6, 6.07) is 11.7. The number of nitrogens with two attached hydrogens (primary N) is 1. The van der Waals surface area contributed by atoms with Crippen molar-refractivity contribution in [3.8, 4) is 10.6 Å². The van der Waals surface area contributed by atoms with Crippen molar-refractivity contribution in [2.75, 3.05) is 5.32 Å². The second kappa shape index (κ2) is 5.72. The number of rotatable bonds is 2. The number of anilines is 1. The molecule has 0 saturated heterocycles. The van der Waals surface area contributed by atoms with Gasteiger partial charge in [-0.05, 0) is 29.6 Å². The summed E-state index contributed by atoms with van der Waals surface area (Å²) >= 11 is 2.50. The second-order valence-electron chi connectivity index (χ2n) is 5.40. The van der Waals surface area contributed by atoms with Crippen molar-refractivity contribution in [3.63, 3.8) is 0 Å². The summed E-state index contributed by atoms with van der Waals surface area (Å²) in [4.78, 5) is 8.12. The van der Waals surface area contributed by atoms with Gasteiger partial charge in [0.25, 0.3) is 0 Å². The number of benzene rings is 1. The Labute approximate surface area is 149 Å². The Bertz CT molecular complexity index is 900. The van der Waals surface area contributed by atoms with E-state index in [4.69, 9.17) is 5.73 Å². The molecule has 1 aliphatic rings. The second-order valence-corrected chi connectivity index (χ2v) is 7.63. The predicted molar refractivity (Wildman–Crippen MR) is 92.1 cm³/mol. The minimum atomic E-state index is -4.59. The Balaban J connectivity index is 1.83. The van der Waals surface area contributed by atoms with E-state index in [2.05, 4.69) is 15.3 Å². The molecule has 9 heteroatoms. The van der Waals surface area contributed by atoms with Gasteiger partial charge >= 0.3 is 6.18 Å². The number of nitrogens with one attached hydrogen (secondary N) is 1. The lowest BCUT2D eigenvalue weighted by atomic mass is 10.2. The van der Waals surface area contributed by atoms with Crippen LogP contribution in [-0.2, 0) is 11.2 Å². The fraction of sp³-hybridized carbons (Fsp3) is 0.125. The standard InChI is InChI=1S/C16H11F3N4S2/c17-15(18,19)13-8-10(11-6-3-7-24-11)21-14(22-13)16(20)23-9-4-1-2-5-12(9)25-16/h1-8,23H,20H2. The normalized spacial score (nSPS) is 19.5. The monoisotopic (exact) mass is 380 g/mol. The highest BCUT2D eigenvalue weighted by atomic mass is 32.2. The Kier molecular flexibility index (Phi) is 3.75. The highest BCUT2D eigenvalue weighted by molar-refractivity contribution is 8.00. The van der Waals surface area contributed by atoms with Crippen LogP contribution in [0.4, 0.5) is 18.9 Å². The number of hydrogen-bond acceptors (Lipinski definition) is 6. The van der Waals surface area contributed by atoms with E-state index < -0.39 is 16.9 Å². The Morgan fingerprint density at radius 2 is 1.88 bits per heavy atom. The number of thioether (sulfide) groups is 1. The molecule has 0 spiro atoms. The van der Waals surface area contributed by atoms with E-state index in [1.54, 1.807) is 17.5 Å². The summed E-state index contributed by atoms with van der Waals surface area (Å²) in [6.45, 7) is 0. The first kappa shape index (κ1) is 16.4. The molecule has 1 aromatic carbocycles. The summed E-state index contributed by atoms with van der Waals surface area (Å²) in [7, 11) is 0. The fourth-order valence-corrected chi connectivity index (χ4v) is 4.22. The highest BCUT2D eigenvalue weighted by Gasteiger charge is 2.41. The van der Waals surface area contributed by atoms with Gasteiger partial charge in [0.2, 0.25) is 4.99 Å². The van der Waals surface area contributed by atoms with E-state index in [9.17, 15) is 13.2 Å². The van der Waals surface area contributed by atoms with Crippen molar-refractivity contribution in [2.45, 2.75) is 16.1 Å². The summed E-state index contributed by atoms with van der Waals surface area (Å²) < 4.78 is 39.9. The predicted octanol–water partition coefficient (Wildman–Crippen LogP) is 4.51. The molecule has 0 radical (unpaired) electrons. The lowest BCUT2D eigenvalue weighted by Gasteiger charge is -2.23. The van der Waals surface area contributed by atoms with Crippen molar-refractivity contribution in [1.29, 1.82) is 0 Å². The minimum absolute atomic E-state index is 0.105. The van der Waals surface area contributed by atoms with Crippen LogP contribution in [0.25, 0.3) is 10.6 Å². The SMILES string of the molecule is NC1(c2nc(-c3cccs3)cc(C(F)(F)F)n2)Nc2ccccc2S1. The quantitative estimate of drug-likeness (QED) is 0.685. The van der Waals surface area contributed by atoms with Crippen LogP contribution in [0.15, 0.2) is 52.7 Å². The largest absolute Gasteiger partial charge is 0.433 e. The number of nitrogens with zero attached hydrogens (tertiary/aromatic N) is 2. The van der Waals surface area contributed by atoms with E-state index in [1.165, 1.54) is 23.1 Å². The Morgan fingerprint density at radius 1 is 1.08 bits per heavy atom. The molecule has 128 valence electrons. The van der Waals surface area contributed by atoms with E-state index in [0.29, 0.717) is 4.88 Å². The fourth-order valence-electron chi connectivity index (χ4n) is 2.47. The van der Waals surface area contributed by atoms with Gasteiger partial charge in [-0.2, -0.15) is 13.2 Å². The molecule has 3 aromatic rings. The first-order valence-corrected chi connectivity index (χ1v) is 8.90. The molecule has 3 N–H and O–H groups in total. The summed E-state index contributed by atoms with van der Waals surface area (Å²) in [5.74, 6) is -0.105. The average Bonchev–Trinajstić information content (AvgIpc) is 3.21. The van der Waals surface area contributed by atoms with Crippen molar-refractivity contribution in [2.24, 2.45) is 5.73 Å². The molecule has 0 saturated carbocycles. The Hall–Kier alpha value is -2.10. The van der Waals surface area contributed by atoms with Crippen LogP contribution in [0, 0.1) is 0 Å². The highest BCUT2D eigenvalue weighted by Crippen LogP contribution is 2.47. The van der Waals surface area contributed by atoms with Crippen LogP contribution >= 0.6 is 23.1 Å². The van der Waals surface area contributed by atoms with Gasteiger partial charge in [-0.25, -0.2) is 9.97 Å². The molecule has 1 atom stereocenters. The molecule has 4 rings (SSSR count). The number of alkyl halides is 3. The summed E-state index contributed by atoms with van der Waals surface area (Å²) in [5, 5.41) is 4.81. The van der Waals surface area contributed by atoms with E-state index in [-0.39, 0.29) is 11.5 Å². The third-order valence-corrected chi connectivity index (χ3v) is 5.68. The van der Waals surface area contributed by atoms with Crippen molar-refractivity contribution >= 4 is 28.8 Å². The van der Waals surface area contributed by atoms with Gasteiger partial charge in [0, 0.05) is 4.90 Å². The maximum atomic E-state index is 13.3. The number of fused-ring (bicyclic) bond motifs is 1. The van der Waals surface area contributed by atoms with E-state index >= 15 is 0 Å². The number of para-hydroxylation sites is 1. The van der Waals surface area contributed by atoms with Crippen molar-refractivity contribution in [3.05, 3.63) is 59.4 Å². The van der Waals surface area contributed by atoms with Crippen LogP contribution in [-0.4, -0.2) is 9.97 Å². The van der Waals surface area contributed by atoms with Gasteiger partial charge in [-0.3, -0.25) is 5.73 Å². The molecular formula is C16H11F3N4S2. The molecule has 2 aromatic heterocycles. The van der Waals surface area contributed by atoms with Gasteiger partial charge in [-0.1, -0.05) is 30.0 Å². The van der Waals surface area contributed by atoms with Gasteiger partial charge in [-0.15, -0.1) is 11.3 Å². The number of aromatic nitrogens is 2. The average molecular weight is 380 g/mol. The van der Waals surface area contributed by atoms with Gasteiger partial charge in [0.1, 0.15) is 5.69 Å². The first-order chi connectivity index (χ1) is 11.9. The van der Waals surface area contributed by atoms with Crippen LogP contribution in [0.2, 0.25) is 0 Å². The van der Waals surface area contributed by atoms with Gasteiger partial charge in [0.15, 0.2) is 5.82 Å². The number of hydrogen-bond donors (Lipinski definition) is 2. The molecule has 1 aliphatic heterocycles. The molecule has 3 heterocycles. The molecule has 0 bridgehead atoms. The number of halogens is 3. The zero-order valence-electron chi connectivity index (χ0n) is 12.5. The number of thiophene rings is 1. The van der Waals surface area contributed by atoms with Crippen LogP contribution in [0.3, 0.4) is 0 Å². The van der Waals surface area contributed by atoms with Gasteiger partial charge in [0.05, 0.1) is 16.3 Å². The van der Waals surface area contributed by atoms with E-state index in [1.807, 2.05) is 24.3 Å².